The van der Waals surface area contributed by atoms with Gasteiger partial charge in [0, 0.05) is 37.4 Å². The van der Waals surface area contributed by atoms with Gasteiger partial charge in [0.1, 0.15) is 5.82 Å². The molecule has 8 heteroatoms. The minimum Gasteiger partial charge on any atom is -0.353 e. The molecule has 1 fully saturated rings. The highest BCUT2D eigenvalue weighted by atomic mass is 35.5. The van der Waals surface area contributed by atoms with Crippen molar-refractivity contribution in [1.82, 2.24) is 9.88 Å². The summed E-state index contributed by atoms with van der Waals surface area (Å²) in [5.41, 5.74) is 0.875. The van der Waals surface area contributed by atoms with Crippen LogP contribution >= 0.6 is 23.2 Å². The molecule has 0 unspecified atom stereocenters. The summed E-state index contributed by atoms with van der Waals surface area (Å²) < 4.78 is 0. The third kappa shape index (κ3) is 4.21. The third-order valence-electron chi connectivity index (χ3n) is 3.97. The maximum atomic E-state index is 12.3. The fraction of sp³-hybridized carbons (Fsp3) is 0.235. The van der Waals surface area contributed by atoms with E-state index in [1.807, 2.05) is 0 Å². The van der Waals surface area contributed by atoms with Crippen LogP contribution in [0, 0.1) is 0 Å². The molecule has 1 aromatic carbocycles. The Kier molecular flexibility index (Phi) is 5.40. The van der Waals surface area contributed by atoms with Crippen molar-refractivity contribution in [2.24, 2.45) is 0 Å². The van der Waals surface area contributed by atoms with Gasteiger partial charge in [0.2, 0.25) is 6.41 Å². The second-order valence-electron chi connectivity index (χ2n) is 5.61. The second-order valence-corrected chi connectivity index (χ2v) is 6.46. The Hall–Kier alpha value is -2.31. The topological polar surface area (TPSA) is 65.5 Å². The lowest BCUT2D eigenvalue weighted by Gasteiger charge is -2.33. The van der Waals surface area contributed by atoms with Gasteiger partial charge in [-0.25, -0.2) is 4.98 Å². The highest BCUT2D eigenvalue weighted by molar-refractivity contribution is 6.35. The van der Waals surface area contributed by atoms with E-state index in [1.165, 1.54) is 6.20 Å². The van der Waals surface area contributed by atoms with Gasteiger partial charge in [0.25, 0.3) is 5.91 Å². The number of amides is 2. The zero-order valence-electron chi connectivity index (χ0n) is 13.3. The van der Waals surface area contributed by atoms with Crippen LogP contribution in [0.3, 0.4) is 0 Å². The zero-order valence-corrected chi connectivity index (χ0v) is 14.8. The average molecular weight is 379 g/mol. The van der Waals surface area contributed by atoms with E-state index in [2.05, 4.69) is 15.2 Å². The van der Waals surface area contributed by atoms with Gasteiger partial charge in [0.15, 0.2) is 0 Å². The van der Waals surface area contributed by atoms with Crippen molar-refractivity contribution in [3.05, 3.63) is 52.1 Å². The molecule has 0 radical (unpaired) electrons. The largest absolute Gasteiger partial charge is 0.353 e. The molecule has 0 aliphatic carbocycles. The highest BCUT2D eigenvalue weighted by Gasteiger charge is 2.17. The standard InChI is InChI=1S/C17H16Cl2N4O2/c18-13-2-3-14(19)15(9-13)21-17(25)12-1-4-16(20-10-12)23-7-5-22(11-24)6-8-23/h1-4,9-11H,5-8H2,(H,21,25). The number of piperazine rings is 1. The molecule has 1 saturated heterocycles. The molecule has 1 N–H and O–H groups in total. The third-order valence-corrected chi connectivity index (χ3v) is 4.54. The first-order valence-corrected chi connectivity index (χ1v) is 8.49. The summed E-state index contributed by atoms with van der Waals surface area (Å²) in [6.45, 7) is 2.77. The quantitative estimate of drug-likeness (QED) is 0.830. The predicted octanol–water partition coefficient (Wildman–Crippen LogP) is 2.92. The first-order valence-electron chi connectivity index (χ1n) is 7.73. The van der Waals surface area contributed by atoms with Crippen LogP contribution in [0.15, 0.2) is 36.5 Å². The molecular formula is C17H16Cl2N4O2. The number of pyridine rings is 1. The van der Waals surface area contributed by atoms with Gasteiger partial charge in [-0.3, -0.25) is 9.59 Å². The van der Waals surface area contributed by atoms with E-state index >= 15 is 0 Å². The minimum absolute atomic E-state index is 0.311. The predicted molar refractivity (Wildman–Crippen MR) is 98.5 cm³/mol. The van der Waals surface area contributed by atoms with E-state index in [0.29, 0.717) is 34.4 Å². The monoisotopic (exact) mass is 378 g/mol. The summed E-state index contributed by atoms with van der Waals surface area (Å²) >= 11 is 12.0. The average Bonchev–Trinajstić information content (AvgIpc) is 2.65. The number of nitrogens with zero attached hydrogens (tertiary/aromatic N) is 3. The first kappa shape index (κ1) is 17.5. The van der Waals surface area contributed by atoms with E-state index in [4.69, 9.17) is 23.2 Å². The fourth-order valence-corrected chi connectivity index (χ4v) is 2.89. The van der Waals surface area contributed by atoms with Crippen molar-refractivity contribution in [3.8, 4) is 0 Å². The summed E-state index contributed by atoms with van der Waals surface area (Å²) in [5.74, 6) is 0.469. The summed E-state index contributed by atoms with van der Waals surface area (Å²) in [7, 11) is 0. The molecule has 6 nitrogen and oxygen atoms in total. The molecule has 0 atom stereocenters. The minimum atomic E-state index is -0.311. The maximum Gasteiger partial charge on any atom is 0.257 e. The van der Waals surface area contributed by atoms with Crippen molar-refractivity contribution in [2.45, 2.75) is 0 Å². The molecule has 0 saturated carbocycles. The second kappa shape index (κ2) is 7.72. The lowest BCUT2D eigenvalue weighted by molar-refractivity contribution is -0.118. The van der Waals surface area contributed by atoms with Gasteiger partial charge >= 0.3 is 0 Å². The van der Waals surface area contributed by atoms with E-state index < -0.39 is 0 Å². The van der Waals surface area contributed by atoms with Crippen LogP contribution in [0.1, 0.15) is 10.4 Å². The lowest BCUT2D eigenvalue weighted by atomic mass is 10.2. The molecule has 25 heavy (non-hydrogen) atoms. The summed E-state index contributed by atoms with van der Waals surface area (Å²) in [6, 6.07) is 8.38. The van der Waals surface area contributed by atoms with Gasteiger partial charge in [-0.15, -0.1) is 0 Å². The number of nitrogens with one attached hydrogen (secondary N) is 1. The lowest BCUT2D eigenvalue weighted by Crippen LogP contribution is -2.46. The van der Waals surface area contributed by atoms with Crippen molar-refractivity contribution in [3.63, 3.8) is 0 Å². The Balaban J connectivity index is 1.66. The van der Waals surface area contributed by atoms with Crippen LogP contribution in [-0.4, -0.2) is 48.4 Å². The normalized spacial score (nSPS) is 14.3. The van der Waals surface area contributed by atoms with Gasteiger partial charge in [-0.05, 0) is 30.3 Å². The summed E-state index contributed by atoms with van der Waals surface area (Å²) in [6.07, 6.45) is 2.38. The molecule has 0 bridgehead atoms. The summed E-state index contributed by atoms with van der Waals surface area (Å²) in [4.78, 5) is 31.2. The SMILES string of the molecule is O=CN1CCN(c2ccc(C(=O)Nc3cc(Cl)ccc3Cl)cn2)CC1. The van der Waals surface area contributed by atoms with Crippen molar-refractivity contribution >= 4 is 47.0 Å². The highest BCUT2D eigenvalue weighted by Crippen LogP contribution is 2.26. The van der Waals surface area contributed by atoms with Crippen LogP contribution in [-0.2, 0) is 4.79 Å². The molecule has 1 aliphatic rings. The number of hydrogen-bond acceptors (Lipinski definition) is 4. The van der Waals surface area contributed by atoms with Crippen LogP contribution in [0.25, 0.3) is 0 Å². The molecule has 3 rings (SSSR count). The van der Waals surface area contributed by atoms with E-state index in [9.17, 15) is 9.59 Å². The van der Waals surface area contributed by atoms with Crippen LogP contribution in [0.2, 0.25) is 10.0 Å². The molecule has 1 aliphatic heterocycles. The number of benzene rings is 1. The smallest absolute Gasteiger partial charge is 0.257 e. The number of carbonyl (C=O) groups excluding carboxylic acids is 2. The maximum absolute atomic E-state index is 12.3. The van der Waals surface area contributed by atoms with E-state index in [1.54, 1.807) is 35.2 Å². The Morgan fingerprint density at radius 3 is 2.52 bits per heavy atom. The van der Waals surface area contributed by atoms with Gasteiger partial charge in [-0.1, -0.05) is 23.2 Å². The Morgan fingerprint density at radius 2 is 1.88 bits per heavy atom. The molecule has 2 heterocycles. The van der Waals surface area contributed by atoms with Crippen LogP contribution < -0.4 is 10.2 Å². The molecule has 130 valence electrons. The number of rotatable bonds is 4. The number of halogens is 2. The Bertz CT molecular complexity index is 775. The number of anilines is 2. The van der Waals surface area contributed by atoms with Gasteiger partial charge in [0.05, 0.1) is 16.3 Å². The molecular weight excluding hydrogens is 363 g/mol. The molecule has 2 aromatic rings. The number of hydrogen-bond donors (Lipinski definition) is 1. The zero-order chi connectivity index (χ0) is 17.8. The van der Waals surface area contributed by atoms with Crippen LogP contribution in [0.5, 0.6) is 0 Å². The molecule has 2 amide bonds. The Labute approximate surface area is 155 Å². The number of carbonyl (C=O) groups is 2. The number of aromatic nitrogens is 1. The van der Waals surface area contributed by atoms with Crippen LogP contribution in [0.4, 0.5) is 11.5 Å². The fourth-order valence-electron chi connectivity index (χ4n) is 2.55. The molecule has 0 spiro atoms. The Morgan fingerprint density at radius 1 is 1.12 bits per heavy atom. The first-order chi connectivity index (χ1) is 12.1. The van der Waals surface area contributed by atoms with E-state index in [-0.39, 0.29) is 5.91 Å². The van der Waals surface area contributed by atoms with Crippen molar-refractivity contribution in [2.75, 3.05) is 36.4 Å². The van der Waals surface area contributed by atoms with Crippen molar-refractivity contribution < 1.29 is 9.59 Å². The van der Waals surface area contributed by atoms with E-state index in [0.717, 1.165) is 25.3 Å². The molecule has 1 aromatic heterocycles. The van der Waals surface area contributed by atoms with Gasteiger partial charge < -0.3 is 15.1 Å². The van der Waals surface area contributed by atoms with Crippen molar-refractivity contribution in [1.29, 1.82) is 0 Å². The van der Waals surface area contributed by atoms with Gasteiger partial charge in [-0.2, -0.15) is 0 Å². The summed E-state index contributed by atoms with van der Waals surface area (Å²) in [5, 5.41) is 3.63.